The molecule has 6 heteroatoms. The van der Waals surface area contributed by atoms with Gasteiger partial charge in [0.2, 0.25) is 5.91 Å². The summed E-state index contributed by atoms with van der Waals surface area (Å²) < 4.78 is 0. The average Bonchev–Trinajstić information content (AvgIpc) is 2.35. The quantitative estimate of drug-likeness (QED) is 0.813. The second kappa shape index (κ2) is 9.01. The Morgan fingerprint density at radius 2 is 2.00 bits per heavy atom. The molecule has 4 nitrogen and oxygen atoms in total. The summed E-state index contributed by atoms with van der Waals surface area (Å²) in [5, 5.41) is 6.52. The molecule has 2 saturated heterocycles. The molecule has 2 rings (SSSR count). The van der Waals surface area contributed by atoms with Crippen LogP contribution in [0.4, 0.5) is 0 Å². The molecule has 0 aliphatic carbocycles. The van der Waals surface area contributed by atoms with Crippen molar-refractivity contribution >= 4 is 30.7 Å². The van der Waals surface area contributed by atoms with Crippen molar-refractivity contribution in [3.05, 3.63) is 0 Å². The van der Waals surface area contributed by atoms with Crippen LogP contribution in [0.2, 0.25) is 0 Å². The average molecular weight is 312 g/mol. The Balaban J connectivity index is 0.00000162. The third-order valence-corrected chi connectivity index (χ3v) is 4.18. The predicted octanol–water partition coefficient (Wildman–Crippen LogP) is 1.57. The minimum atomic E-state index is 0. The number of nitrogens with one attached hydrogen (secondary N) is 2. The van der Waals surface area contributed by atoms with Crippen LogP contribution >= 0.6 is 24.8 Å². The Morgan fingerprint density at radius 1 is 1.26 bits per heavy atom. The Hall–Kier alpha value is -0.0300. The zero-order chi connectivity index (χ0) is 12.3. The molecule has 0 bridgehead atoms. The number of rotatable bonds is 2. The summed E-state index contributed by atoms with van der Waals surface area (Å²) in [7, 11) is 2.16. The molecular weight excluding hydrogens is 285 g/mol. The van der Waals surface area contributed by atoms with Crippen LogP contribution in [0.3, 0.4) is 0 Å². The highest BCUT2D eigenvalue weighted by Crippen LogP contribution is 2.16. The van der Waals surface area contributed by atoms with Gasteiger partial charge in [-0.3, -0.25) is 4.79 Å². The number of nitrogens with zero attached hydrogens (tertiary/aromatic N) is 1. The van der Waals surface area contributed by atoms with Crippen molar-refractivity contribution in [2.24, 2.45) is 0 Å². The summed E-state index contributed by atoms with van der Waals surface area (Å²) in [5.41, 5.74) is 0. The van der Waals surface area contributed by atoms with E-state index in [0.29, 0.717) is 12.1 Å². The monoisotopic (exact) mass is 311 g/mol. The lowest BCUT2D eigenvalue weighted by atomic mass is 9.97. The lowest BCUT2D eigenvalue weighted by Gasteiger charge is -2.36. The van der Waals surface area contributed by atoms with E-state index in [1.165, 1.54) is 12.8 Å². The molecule has 2 aliphatic rings. The minimum Gasteiger partial charge on any atom is -0.352 e. The number of piperidine rings is 2. The van der Waals surface area contributed by atoms with Crippen molar-refractivity contribution in [1.82, 2.24) is 15.5 Å². The lowest BCUT2D eigenvalue weighted by molar-refractivity contribution is -0.124. The fourth-order valence-electron chi connectivity index (χ4n) is 2.80. The second-order valence-electron chi connectivity index (χ2n) is 5.56. The Morgan fingerprint density at radius 3 is 2.58 bits per heavy atom. The van der Waals surface area contributed by atoms with Crippen molar-refractivity contribution in [2.75, 3.05) is 20.1 Å². The molecule has 0 aromatic carbocycles. The van der Waals surface area contributed by atoms with Gasteiger partial charge in [0.05, 0.1) is 6.04 Å². The largest absolute Gasteiger partial charge is 0.352 e. The number of halogens is 2. The van der Waals surface area contributed by atoms with Crippen molar-refractivity contribution in [3.63, 3.8) is 0 Å². The maximum atomic E-state index is 12.1. The lowest BCUT2D eigenvalue weighted by Crippen LogP contribution is -2.53. The van der Waals surface area contributed by atoms with E-state index in [1.807, 2.05) is 0 Å². The van der Waals surface area contributed by atoms with Crippen LogP contribution in [0.5, 0.6) is 0 Å². The van der Waals surface area contributed by atoms with E-state index in [1.54, 1.807) is 0 Å². The molecule has 0 radical (unpaired) electrons. The molecule has 19 heavy (non-hydrogen) atoms. The van der Waals surface area contributed by atoms with Crippen LogP contribution in [-0.4, -0.2) is 49.1 Å². The topological polar surface area (TPSA) is 44.4 Å². The van der Waals surface area contributed by atoms with Gasteiger partial charge in [0.1, 0.15) is 0 Å². The van der Waals surface area contributed by atoms with Crippen molar-refractivity contribution in [2.45, 2.75) is 57.2 Å². The highest BCUT2D eigenvalue weighted by molar-refractivity contribution is 5.85. The van der Waals surface area contributed by atoms with Gasteiger partial charge in [-0.1, -0.05) is 6.42 Å². The molecule has 0 aromatic heterocycles. The summed E-state index contributed by atoms with van der Waals surface area (Å²) in [5.74, 6) is 0.214. The molecule has 0 aromatic rings. The van der Waals surface area contributed by atoms with E-state index in [4.69, 9.17) is 0 Å². The van der Waals surface area contributed by atoms with Crippen LogP contribution < -0.4 is 10.6 Å². The van der Waals surface area contributed by atoms with Crippen LogP contribution in [0.1, 0.15) is 39.0 Å². The van der Waals surface area contributed by atoms with Crippen LogP contribution in [0, 0.1) is 0 Å². The summed E-state index contributed by atoms with van der Waals surface area (Å²) in [6, 6.07) is 1.00. The van der Waals surface area contributed by atoms with Crippen molar-refractivity contribution in [3.8, 4) is 0 Å². The number of likely N-dealkylation sites (tertiary alicyclic amines) is 1. The number of carbonyl (C=O) groups is 1. The van der Waals surface area contributed by atoms with E-state index in [-0.39, 0.29) is 36.8 Å². The van der Waals surface area contributed by atoms with Crippen molar-refractivity contribution < 1.29 is 4.79 Å². The summed E-state index contributed by atoms with van der Waals surface area (Å²) >= 11 is 0. The Labute approximate surface area is 128 Å². The van der Waals surface area contributed by atoms with E-state index >= 15 is 0 Å². The molecule has 2 aliphatic heterocycles. The normalized spacial score (nSPS) is 31.8. The molecule has 3 unspecified atom stereocenters. The van der Waals surface area contributed by atoms with Gasteiger partial charge in [-0.25, -0.2) is 0 Å². The first-order valence-corrected chi connectivity index (χ1v) is 6.91. The molecule has 1 amide bonds. The van der Waals surface area contributed by atoms with E-state index < -0.39 is 0 Å². The zero-order valence-electron chi connectivity index (χ0n) is 11.9. The fraction of sp³-hybridized carbons (Fsp3) is 0.923. The minimum absolute atomic E-state index is 0. The first kappa shape index (κ1) is 19.0. The molecular formula is C13H27Cl2N3O. The number of hydrogen-bond acceptors (Lipinski definition) is 3. The molecule has 2 fully saturated rings. The standard InChI is InChI=1S/C13H25N3O.2ClH/c1-10-9-11(6-8-16(10)2)15-13(17)12-5-3-4-7-14-12;;/h10-12,14H,3-9H2,1-2H3,(H,15,17);2*1H. The van der Waals surface area contributed by atoms with Gasteiger partial charge in [0.15, 0.2) is 0 Å². The van der Waals surface area contributed by atoms with Gasteiger partial charge in [0, 0.05) is 18.6 Å². The molecule has 114 valence electrons. The van der Waals surface area contributed by atoms with Gasteiger partial charge in [-0.05, 0) is 46.2 Å². The van der Waals surface area contributed by atoms with Crippen LogP contribution in [0.15, 0.2) is 0 Å². The number of hydrogen-bond donors (Lipinski definition) is 2. The van der Waals surface area contributed by atoms with Crippen LogP contribution in [0.25, 0.3) is 0 Å². The smallest absolute Gasteiger partial charge is 0.237 e. The van der Waals surface area contributed by atoms with Crippen LogP contribution in [-0.2, 0) is 4.79 Å². The molecule has 0 saturated carbocycles. The maximum absolute atomic E-state index is 12.1. The SMILES string of the molecule is CC1CC(NC(=O)C2CCCCN2)CCN1C.Cl.Cl. The number of amides is 1. The summed E-state index contributed by atoms with van der Waals surface area (Å²) in [4.78, 5) is 14.4. The van der Waals surface area contributed by atoms with Gasteiger partial charge < -0.3 is 15.5 Å². The Bertz CT molecular complexity index is 273. The van der Waals surface area contributed by atoms with Gasteiger partial charge in [-0.15, -0.1) is 24.8 Å². The molecule has 2 heterocycles. The summed E-state index contributed by atoms with van der Waals surface area (Å²) in [6.07, 6.45) is 5.53. The highest BCUT2D eigenvalue weighted by Gasteiger charge is 2.27. The molecule has 0 spiro atoms. The van der Waals surface area contributed by atoms with Crippen molar-refractivity contribution in [1.29, 1.82) is 0 Å². The van der Waals surface area contributed by atoms with E-state index in [0.717, 1.165) is 32.4 Å². The predicted molar refractivity (Wildman–Crippen MR) is 83.4 cm³/mol. The van der Waals surface area contributed by atoms with E-state index in [9.17, 15) is 4.79 Å². The fourth-order valence-corrected chi connectivity index (χ4v) is 2.80. The van der Waals surface area contributed by atoms with E-state index in [2.05, 4.69) is 29.5 Å². The first-order valence-electron chi connectivity index (χ1n) is 6.91. The summed E-state index contributed by atoms with van der Waals surface area (Å²) in [6.45, 7) is 4.31. The second-order valence-corrected chi connectivity index (χ2v) is 5.56. The third-order valence-electron chi connectivity index (χ3n) is 4.18. The molecule has 2 N–H and O–H groups in total. The molecule has 3 atom stereocenters. The van der Waals surface area contributed by atoms with Gasteiger partial charge >= 0.3 is 0 Å². The number of carbonyl (C=O) groups excluding carboxylic acids is 1. The highest BCUT2D eigenvalue weighted by atomic mass is 35.5. The van der Waals surface area contributed by atoms with Gasteiger partial charge in [0.25, 0.3) is 0 Å². The Kier molecular flexibility index (Phi) is 8.99. The van der Waals surface area contributed by atoms with Gasteiger partial charge in [-0.2, -0.15) is 0 Å². The first-order chi connectivity index (χ1) is 8.16. The third kappa shape index (κ3) is 5.46. The maximum Gasteiger partial charge on any atom is 0.237 e. The zero-order valence-corrected chi connectivity index (χ0v) is 13.5.